The van der Waals surface area contributed by atoms with Gasteiger partial charge in [0.1, 0.15) is 0 Å². The zero-order valence-electron chi connectivity index (χ0n) is 12.0. The van der Waals surface area contributed by atoms with Crippen molar-refractivity contribution in [1.82, 2.24) is 15.0 Å². The fraction of sp³-hybridized carbons (Fsp3) is 0.727. The third-order valence-corrected chi connectivity index (χ3v) is 2.49. The molecule has 1 heterocycles. The molecule has 8 heteroatoms. The molecular formula is C11H23N7O. The number of nitrogens with two attached hydrogens (primary N) is 1. The van der Waals surface area contributed by atoms with Crippen molar-refractivity contribution in [2.24, 2.45) is 5.84 Å². The molecule has 0 spiro atoms. The van der Waals surface area contributed by atoms with E-state index in [1.54, 1.807) is 12.0 Å². The van der Waals surface area contributed by atoms with Crippen molar-refractivity contribution in [3.63, 3.8) is 0 Å². The van der Waals surface area contributed by atoms with Gasteiger partial charge in [-0.3, -0.25) is 5.43 Å². The molecule has 1 atom stereocenters. The highest BCUT2D eigenvalue weighted by atomic mass is 16.5. The third kappa shape index (κ3) is 4.84. The minimum atomic E-state index is 0.165. The van der Waals surface area contributed by atoms with E-state index in [2.05, 4.69) is 32.6 Å². The van der Waals surface area contributed by atoms with Crippen LogP contribution >= 0.6 is 0 Å². The van der Waals surface area contributed by atoms with Crippen LogP contribution in [0.25, 0.3) is 0 Å². The molecule has 0 aliphatic carbocycles. The standard InChI is InChI=1S/C11H23N7O/c1-5-6-8(7-19-4)13-9-14-10(17-12)16-11(15-9)18(2)3/h8H,5-7,12H2,1-4H3,(H2,13,14,15,16,17). The molecule has 0 amide bonds. The summed E-state index contributed by atoms with van der Waals surface area (Å²) in [4.78, 5) is 14.5. The molecule has 108 valence electrons. The first-order chi connectivity index (χ1) is 9.10. The predicted octanol–water partition coefficient (Wildman–Crippen LogP) is 0.450. The predicted molar refractivity (Wildman–Crippen MR) is 76.2 cm³/mol. The van der Waals surface area contributed by atoms with Crippen molar-refractivity contribution in [3.8, 4) is 0 Å². The number of hydrogen-bond acceptors (Lipinski definition) is 8. The first-order valence-electron chi connectivity index (χ1n) is 6.26. The number of nitrogen functional groups attached to an aromatic ring is 1. The van der Waals surface area contributed by atoms with E-state index in [-0.39, 0.29) is 6.04 Å². The third-order valence-electron chi connectivity index (χ3n) is 2.49. The summed E-state index contributed by atoms with van der Waals surface area (Å²) in [5, 5.41) is 3.24. The summed E-state index contributed by atoms with van der Waals surface area (Å²) in [6.07, 6.45) is 2.02. The van der Waals surface area contributed by atoms with E-state index in [0.717, 1.165) is 12.8 Å². The lowest BCUT2D eigenvalue weighted by atomic mass is 10.2. The van der Waals surface area contributed by atoms with Gasteiger partial charge in [-0.15, -0.1) is 0 Å². The lowest BCUT2D eigenvalue weighted by Gasteiger charge is -2.18. The van der Waals surface area contributed by atoms with Crippen LogP contribution in [0.2, 0.25) is 0 Å². The van der Waals surface area contributed by atoms with Crippen molar-refractivity contribution < 1.29 is 4.74 Å². The minimum absolute atomic E-state index is 0.165. The molecule has 0 aromatic carbocycles. The normalized spacial score (nSPS) is 12.1. The first kappa shape index (κ1) is 15.4. The molecule has 4 N–H and O–H groups in total. The van der Waals surface area contributed by atoms with Gasteiger partial charge in [0, 0.05) is 21.2 Å². The van der Waals surface area contributed by atoms with Crippen molar-refractivity contribution in [2.75, 3.05) is 43.5 Å². The lowest BCUT2D eigenvalue weighted by Crippen LogP contribution is -2.27. The summed E-state index contributed by atoms with van der Waals surface area (Å²) in [6, 6.07) is 0.165. The van der Waals surface area contributed by atoms with Crippen LogP contribution in [0.1, 0.15) is 19.8 Å². The maximum Gasteiger partial charge on any atom is 0.243 e. The topological polar surface area (TPSA) is 101 Å². The summed E-state index contributed by atoms with van der Waals surface area (Å²) >= 11 is 0. The SMILES string of the molecule is CCCC(COC)Nc1nc(NN)nc(N(C)C)n1. The van der Waals surface area contributed by atoms with E-state index < -0.39 is 0 Å². The number of hydrogen-bond donors (Lipinski definition) is 3. The highest BCUT2D eigenvalue weighted by Gasteiger charge is 2.12. The minimum Gasteiger partial charge on any atom is -0.383 e. The first-order valence-corrected chi connectivity index (χ1v) is 6.26. The molecule has 0 aliphatic heterocycles. The monoisotopic (exact) mass is 269 g/mol. The molecule has 1 rings (SSSR count). The average Bonchev–Trinajstić information content (AvgIpc) is 2.38. The van der Waals surface area contributed by atoms with Crippen molar-refractivity contribution in [2.45, 2.75) is 25.8 Å². The zero-order chi connectivity index (χ0) is 14.3. The molecule has 19 heavy (non-hydrogen) atoms. The quantitative estimate of drug-likeness (QED) is 0.462. The van der Waals surface area contributed by atoms with Crippen LogP contribution in [0, 0.1) is 0 Å². The maximum atomic E-state index is 5.36. The van der Waals surface area contributed by atoms with Gasteiger partial charge >= 0.3 is 0 Å². The maximum absolute atomic E-state index is 5.36. The van der Waals surface area contributed by atoms with Crippen LogP contribution in [-0.4, -0.2) is 48.8 Å². The molecule has 0 radical (unpaired) electrons. The van der Waals surface area contributed by atoms with E-state index in [0.29, 0.717) is 24.5 Å². The van der Waals surface area contributed by atoms with Crippen LogP contribution < -0.4 is 21.5 Å². The number of ether oxygens (including phenoxy) is 1. The van der Waals surface area contributed by atoms with E-state index in [4.69, 9.17) is 10.6 Å². The summed E-state index contributed by atoms with van der Waals surface area (Å²) in [6.45, 7) is 2.72. The van der Waals surface area contributed by atoms with Gasteiger partial charge in [0.15, 0.2) is 0 Å². The number of nitrogens with one attached hydrogen (secondary N) is 2. The molecule has 0 saturated heterocycles. The smallest absolute Gasteiger partial charge is 0.243 e. The van der Waals surface area contributed by atoms with Crippen LogP contribution in [-0.2, 0) is 4.74 Å². The van der Waals surface area contributed by atoms with Crippen molar-refractivity contribution >= 4 is 17.8 Å². The summed E-state index contributed by atoms with van der Waals surface area (Å²) in [5.41, 5.74) is 2.44. The fourth-order valence-corrected chi connectivity index (χ4v) is 1.62. The van der Waals surface area contributed by atoms with Crippen molar-refractivity contribution in [1.29, 1.82) is 0 Å². The number of hydrazine groups is 1. The number of aromatic nitrogens is 3. The fourth-order valence-electron chi connectivity index (χ4n) is 1.62. The molecule has 1 aromatic rings. The summed E-state index contributed by atoms with van der Waals surface area (Å²) in [7, 11) is 5.39. The van der Waals surface area contributed by atoms with Crippen LogP contribution in [0.5, 0.6) is 0 Å². The Morgan fingerprint density at radius 3 is 2.47 bits per heavy atom. The summed E-state index contributed by atoms with van der Waals surface area (Å²) in [5.74, 6) is 6.72. The van der Waals surface area contributed by atoms with Gasteiger partial charge < -0.3 is 15.0 Å². The highest BCUT2D eigenvalue weighted by Crippen LogP contribution is 2.12. The second-order valence-corrected chi connectivity index (χ2v) is 4.41. The molecular weight excluding hydrogens is 246 g/mol. The molecule has 1 unspecified atom stereocenters. The molecule has 0 fully saturated rings. The second-order valence-electron chi connectivity index (χ2n) is 4.41. The van der Waals surface area contributed by atoms with Gasteiger partial charge in [0.25, 0.3) is 0 Å². The van der Waals surface area contributed by atoms with E-state index >= 15 is 0 Å². The highest BCUT2D eigenvalue weighted by molar-refractivity contribution is 5.42. The summed E-state index contributed by atoms with van der Waals surface area (Å²) < 4.78 is 5.18. The Bertz CT molecular complexity index is 379. The second kappa shape index (κ2) is 7.70. The Kier molecular flexibility index (Phi) is 6.23. The number of anilines is 3. The van der Waals surface area contributed by atoms with Crippen LogP contribution in [0.15, 0.2) is 0 Å². The van der Waals surface area contributed by atoms with Gasteiger partial charge in [-0.1, -0.05) is 13.3 Å². The van der Waals surface area contributed by atoms with Crippen LogP contribution in [0.3, 0.4) is 0 Å². The van der Waals surface area contributed by atoms with Gasteiger partial charge in [0.2, 0.25) is 17.8 Å². The molecule has 1 aromatic heterocycles. The number of rotatable bonds is 8. The van der Waals surface area contributed by atoms with E-state index in [1.807, 2.05) is 14.1 Å². The van der Waals surface area contributed by atoms with Crippen LogP contribution in [0.4, 0.5) is 17.8 Å². The molecule has 0 saturated carbocycles. The number of methoxy groups -OCH3 is 1. The van der Waals surface area contributed by atoms with Gasteiger partial charge in [-0.2, -0.15) is 15.0 Å². The zero-order valence-corrected chi connectivity index (χ0v) is 12.0. The Morgan fingerprint density at radius 2 is 1.95 bits per heavy atom. The van der Waals surface area contributed by atoms with Gasteiger partial charge in [-0.05, 0) is 6.42 Å². The Labute approximate surface area is 113 Å². The largest absolute Gasteiger partial charge is 0.383 e. The van der Waals surface area contributed by atoms with E-state index in [9.17, 15) is 0 Å². The Balaban J connectivity index is 2.88. The Hall–Kier alpha value is -1.67. The van der Waals surface area contributed by atoms with Gasteiger partial charge in [-0.25, -0.2) is 5.84 Å². The Morgan fingerprint density at radius 1 is 1.26 bits per heavy atom. The number of nitrogens with zero attached hydrogens (tertiary/aromatic N) is 4. The van der Waals surface area contributed by atoms with Gasteiger partial charge in [0.05, 0.1) is 12.6 Å². The lowest BCUT2D eigenvalue weighted by molar-refractivity contribution is 0.182. The van der Waals surface area contributed by atoms with Crippen molar-refractivity contribution in [3.05, 3.63) is 0 Å². The molecule has 8 nitrogen and oxygen atoms in total. The van der Waals surface area contributed by atoms with E-state index in [1.165, 1.54) is 0 Å². The molecule has 0 bridgehead atoms. The molecule has 0 aliphatic rings. The average molecular weight is 269 g/mol.